The molecule has 0 fully saturated rings. The van der Waals surface area contributed by atoms with Gasteiger partial charge >= 0.3 is 0 Å². The van der Waals surface area contributed by atoms with Gasteiger partial charge in [0.05, 0.1) is 0 Å². The lowest BCUT2D eigenvalue weighted by Gasteiger charge is -2.16. The number of Topliss-reactive ketones (excluding diaryl/α,β-unsaturated/α-hetero) is 1. The van der Waals surface area contributed by atoms with E-state index in [9.17, 15) is 4.79 Å². The van der Waals surface area contributed by atoms with Gasteiger partial charge in [-0.3, -0.25) is 4.79 Å². The van der Waals surface area contributed by atoms with Crippen molar-refractivity contribution < 1.29 is 14.3 Å². The zero-order chi connectivity index (χ0) is 13.9. The fraction of sp³-hybridized carbons (Fsp3) is 0.562. The van der Waals surface area contributed by atoms with Crippen LogP contribution in [0, 0.1) is 0 Å². The molecule has 3 heteroatoms. The van der Waals surface area contributed by atoms with Crippen LogP contribution in [0.2, 0.25) is 0 Å². The Morgan fingerprint density at radius 1 is 1.05 bits per heavy atom. The summed E-state index contributed by atoms with van der Waals surface area (Å²) in [7, 11) is 0. The van der Waals surface area contributed by atoms with E-state index in [0.29, 0.717) is 19.6 Å². The summed E-state index contributed by atoms with van der Waals surface area (Å²) in [5.74, 6) is 0.213. The predicted molar refractivity (Wildman–Crippen MR) is 76.3 cm³/mol. The Morgan fingerprint density at radius 2 is 1.68 bits per heavy atom. The molecule has 0 atom stereocenters. The highest BCUT2D eigenvalue weighted by molar-refractivity contribution is 5.95. The van der Waals surface area contributed by atoms with Gasteiger partial charge < -0.3 is 9.47 Å². The van der Waals surface area contributed by atoms with Gasteiger partial charge in [0, 0.05) is 25.2 Å². The Labute approximate surface area is 115 Å². The Hall–Kier alpha value is -1.19. The SMILES string of the molecule is CCOC(CCCCC(=O)c1ccccc1)OCC. The third kappa shape index (κ3) is 6.50. The molecule has 0 aliphatic carbocycles. The Balaban J connectivity index is 2.21. The first-order valence-electron chi connectivity index (χ1n) is 7.09. The molecule has 0 aromatic heterocycles. The highest BCUT2D eigenvalue weighted by atomic mass is 16.7. The summed E-state index contributed by atoms with van der Waals surface area (Å²) in [5, 5.41) is 0. The van der Waals surface area contributed by atoms with Gasteiger partial charge in [-0.05, 0) is 33.1 Å². The molecule has 1 aromatic rings. The van der Waals surface area contributed by atoms with Gasteiger partial charge in [-0.1, -0.05) is 30.3 Å². The molecule has 0 radical (unpaired) electrons. The van der Waals surface area contributed by atoms with Gasteiger partial charge in [0.1, 0.15) is 0 Å². The van der Waals surface area contributed by atoms with Crippen LogP contribution >= 0.6 is 0 Å². The first-order valence-corrected chi connectivity index (χ1v) is 7.09. The highest BCUT2D eigenvalue weighted by Gasteiger charge is 2.09. The van der Waals surface area contributed by atoms with E-state index < -0.39 is 0 Å². The van der Waals surface area contributed by atoms with Crippen molar-refractivity contribution >= 4 is 5.78 Å². The molecule has 0 saturated heterocycles. The fourth-order valence-corrected chi connectivity index (χ4v) is 1.95. The predicted octanol–water partition coefficient (Wildman–Crippen LogP) is 3.83. The maximum atomic E-state index is 11.9. The van der Waals surface area contributed by atoms with E-state index in [1.165, 1.54) is 0 Å². The second-order valence-electron chi connectivity index (χ2n) is 4.38. The number of benzene rings is 1. The Morgan fingerprint density at radius 3 is 2.26 bits per heavy atom. The minimum absolute atomic E-state index is 0.123. The summed E-state index contributed by atoms with van der Waals surface area (Å²) in [6.07, 6.45) is 3.15. The van der Waals surface area contributed by atoms with Crippen molar-refractivity contribution in [3.8, 4) is 0 Å². The molecule has 1 rings (SSSR count). The van der Waals surface area contributed by atoms with Gasteiger partial charge in [-0.2, -0.15) is 0 Å². The summed E-state index contributed by atoms with van der Waals surface area (Å²) in [4.78, 5) is 11.9. The molecular formula is C16H24O3. The summed E-state index contributed by atoms with van der Waals surface area (Å²) in [6.45, 7) is 5.25. The number of carbonyl (C=O) groups is 1. The van der Waals surface area contributed by atoms with Crippen LogP contribution in [0.15, 0.2) is 30.3 Å². The van der Waals surface area contributed by atoms with E-state index in [2.05, 4.69) is 0 Å². The van der Waals surface area contributed by atoms with Crippen LogP contribution in [0.1, 0.15) is 49.9 Å². The van der Waals surface area contributed by atoms with Gasteiger partial charge in [-0.15, -0.1) is 0 Å². The van der Waals surface area contributed by atoms with Crippen LogP contribution in [-0.4, -0.2) is 25.3 Å². The third-order valence-corrected chi connectivity index (χ3v) is 2.89. The van der Waals surface area contributed by atoms with Crippen molar-refractivity contribution in [3.05, 3.63) is 35.9 Å². The van der Waals surface area contributed by atoms with Crippen LogP contribution in [0.4, 0.5) is 0 Å². The van der Waals surface area contributed by atoms with Crippen molar-refractivity contribution in [2.24, 2.45) is 0 Å². The van der Waals surface area contributed by atoms with Crippen molar-refractivity contribution in [3.63, 3.8) is 0 Å². The minimum Gasteiger partial charge on any atom is -0.353 e. The zero-order valence-corrected chi connectivity index (χ0v) is 11.9. The smallest absolute Gasteiger partial charge is 0.162 e. The number of hydrogen-bond acceptors (Lipinski definition) is 3. The summed E-state index contributed by atoms with van der Waals surface area (Å²) >= 11 is 0. The molecule has 0 N–H and O–H groups in total. The monoisotopic (exact) mass is 264 g/mol. The summed E-state index contributed by atoms with van der Waals surface area (Å²) < 4.78 is 10.9. The lowest BCUT2D eigenvalue weighted by molar-refractivity contribution is -0.140. The van der Waals surface area contributed by atoms with Crippen LogP contribution in [0.5, 0.6) is 0 Å². The van der Waals surface area contributed by atoms with Crippen molar-refractivity contribution in [2.45, 2.75) is 45.8 Å². The lowest BCUT2D eigenvalue weighted by atomic mass is 10.0. The largest absolute Gasteiger partial charge is 0.353 e. The van der Waals surface area contributed by atoms with Crippen molar-refractivity contribution in [2.75, 3.05) is 13.2 Å². The molecule has 0 aliphatic heterocycles. The average molecular weight is 264 g/mol. The molecule has 0 saturated carbocycles. The van der Waals surface area contributed by atoms with E-state index in [4.69, 9.17) is 9.47 Å². The Bertz CT molecular complexity index is 342. The zero-order valence-electron chi connectivity index (χ0n) is 11.9. The maximum absolute atomic E-state index is 11.9. The molecule has 3 nitrogen and oxygen atoms in total. The molecular weight excluding hydrogens is 240 g/mol. The first-order chi connectivity index (χ1) is 9.27. The molecule has 19 heavy (non-hydrogen) atoms. The van der Waals surface area contributed by atoms with Gasteiger partial charge in [-0.25, -0.2) is 0 Å². The summed E-state index contributed by atoms with van der Waals surface area (Å²) in [5.41, 5.74) is 0.800. The number of unbranched alkanes of at least 4 members (excludes halogenated alkanes) is 1. The molecule has 106 valence electrons. The molecule has 0 aliphatic rings. The van der Waals surface area contributed by atoms with Crippen LogP contribution in [-0.2, 0) is 9.47 Å². The molecule has 1 aromatic carbocycles. The molecule has 0 spiro atoms. The average Bonchev–Trinajstić information content (AvgIpc) is 2.44. The van der Waals surface area contributed by atoms with Crippen molar-refractivity contribution in [1.82, 2.24) is 0 Å². The van der Waals surface area contributed by atoms with Gasteiger partial charge in [0.25, 0.3) is 0 Å². The Kier molecular flexibility index (Phi) is 8.10. The highest BCUT2D eigenvalue weighted by Crippen LogP contribution is 2.11. The number of carbonyl (C=O) groups excluding carboxylic acids is 1. The minimum atomic E-state index is -0.123. The van der Waals surface area contributed by atoms with E-state index in [1.807, 2.05) is 44.2 Å². The van der Waals surface area contributed by atoms with Gasteiger partial charge in [0.2, 0.25) is 0 Å². The van der Waals surface area contributed by atoms with Crippen LogP contribution in [0.3, 0.4) is 0 Å². The second-order valence-corrected chi connectivity index (χ2v) is 4.38. The normalized spacial score (nSPS) is 10.9. The molecule has 0 heterocycles. The number of rotatable bonds is 10. The summed E-state index contributed by atoms with van der Waals surface area (Å²) in [6, 6.07) is 9.45. The topological polar surface area (TPSA) is 35.5 Å². The maximum Gasteiger partial charge on any atom is 0.162 e. The molecule has 0 bridgehead atoms. The van der Waals surface area contributed by atoms with Crippen LogP contribution < -0.4 is 0 Å². The number of hydrogen-bond donors (Lipinski definition) is 0. The van der Waals surface area contributed by atoms with E-state index in [0.717, 1.165) is 24.8 Å². The van der Waals surface area contributed by atoms with E-state index >= 15 is 0 Å². The number of ketones is 1. The van der Waals surface area contributed by atoms with Crippen molar-refractivity contribution in [1.29, 1.82) is 0 Å². The lowest BCUT2D eigenvalue weighted by Crippen LogP contribution is -2.17. The standard InChI is InChI=1S/C16H24O3/c1-3-18-16(19-4-2)13-9-8-12-15(17)14-10-6-5-7-11-14/h5-7,10-11,16H,3-4,8-9,12-13H2,1-2H3. The molecule has 0 unspecified atom stereocenters. The van der Waals surface area contributed by atoms with Crippen LogP contribution in [0.25, 0.3) is 0 Å². The first kappa shape index (κ1) is 15.9. The number of ether oxygens (including phenoxy) is 2. The van der Waals surface area contributed by atoms with Gasteiger partial charge in [0.15, 0.2) is 12.1 Å². The van der Waals surface area contributed by atoms with E-state index in [-0.39, 0.29) is 12.1 Å². The fourth-order valence-electron chi connectivity index (χ4n) is 1.95. The quantitative estimate of drug-likeness (QED) is 0.366. The van der Waals surface area contributed by atoms with E-state index in [1.54, 1.807) is 0 Å². The second kappa shape index (κ2) is 9.70. The molecule has 0 amide bonds. The third-order valence-electron chi connectivity index (χ3n) is 2.89.